The Morgan fingerprint density at radius 3 is 2.00 bits per heavy atom. The molecule has 0 amide bonds. The molecule has 0 aromatic carbocycles. The first-order valence-corrected chi connectivity index (χ1v) is 9.22. The summed E-state index contributed by atoms with van der Waals surface area (Å²) >= 11 is 0. The summed E-state index contributed by atoms with van der Waals surface area (Å²) in [6.07, 6.45) is 11.7. The third kappa shape index (κ3) is 14.3. The van der Waals surface area contributed by atoms with Gasteiger partial charge in [0.15, 0.2) is 0 Å². The van der Waals surface area contributed by atoms with Crippen molar-refractivity contribution in [2.24, 2.45) is 5.92 Å². The van der Waals surface area contributed by atoms with Crippen LogP contribution in [0.5, 0.6) is 0 Å². The zero-order valence-electron chi connectivity index (χ0n) is 12.5. The van der Waals surface area contributed by atoms with Crippen LogP contribution in [0.15, 0.2) is 0 Å². The molecule has 0 aliphatic rings. The molecule has 0 aromatic heterocycles. The fourth-order valence-electron chi connectivity index (χ4n) is 2.22. The molecule has 19 heavy (non-hydrogen) atoms. The molecule has 0 fully saturated rings. The molecule has 0 aliphatic heterocycles. The number of unbranched alkanes of at least 4 members (excludes halogenated alkanes) is 6. The van der Waals surface area contributed by atoms with Crippen LogP contribution in [0, 0.1) is 5.92 Å². The van der Waals surface area contributed by atoms with Gasteiger partial charge < -0.3 is 9.79 Å². The van der Waals surface area contributed by atoms with Crippen LogP contribution in [0.25, 0.3) is 0 Å². The molecule has 0 heterocycles. The van der Waals surface area contributed by atoms with Crippen molar-refractivity contribution in [3.05, 3.63) is 0 Å². The third-order valence-electron chi connectivity index (χ3n) is 3.41. The molecular formula is C14H31O4P. The summed E-state index contributed by atoms with van der Waals surface area (Å²) in [5.74, 6) is 0.291. The fourth-order valence-corrected chi connectivity index (χ4v) is 2.62. The highest BCUT2D eigenvalue weighted by Crippen LogP contribution is 2.37. The lowest BCUT2D eigenvalue weighted by Crippen LogP contribution is -2.09. The molecule has 0 rings (SSSR count). The van der Waals surface area contributed by atoms with E-state index in [0.29, 0.717) is 5.92 Å². The molecule has 1 unspecified atom stereocenters. The van der Waals surface area contributed by atoms with E-state index in [1.807, 2.05) is 0 Å². The molecule has 2 N–H and O–H groups in total. The summed E-state index contributed by atoms with van der Waals surface area (Å²) in [6, 6.07) is 0. The second kappa shape index (κ2) is 11.9. The lowest BCUT2D eigenvalue weighted by molar-refractivity contribution is 0.157. The van der Waals surface area contributed by atoms with Gasteiger partial charge in [0.05, 0.1) is 6.61 Å². The Balaban J connectivity index is 3.76. The zero-order valence-corrected chi connectivity index (χ0v) is 13.4. The zero-order chi connectivity index (χ0) is 14.6. The Morgan fingerprint density at radius 2 is 1.42 bits per heavy atom. The van der Waals surface area contributed by atoms with Crippen LogP contribution in [-0.4, -0.2) is 16.4 Å². The van der Waals surface area contributed by atoms with Crippen LogP contribution in [0.3, 0.4) is 0 Å². The minimum Gasteiger partial charge on any atom is -0.303 e. The largest absolute Gasteiger partial charge is 0.469 e. The fraction of sp³-hybridized carbons (Fsp3) is 1.00. The first-order valence-electron chi connectivity index (χ1n) is 7.69. The van der Waals surface area contributed by atoms with Gasteiger partial charge in [-0.15, -0.1) is 0 Å². The lowest BCUT2D eigenvalue weighted by atomic mass is 9.96. The summed E-state index contributed by atoms with van der Waals surface area (Å²) in [6.45, 7) is 4.53. The monoisotopic (exact) mass is 294 g/mol. The topological polar surface area (TPSA) is 66.8 Å². The van der Waals surface area contributed by atoms with Crippen LogP contribution in [0.1, 0.15) is 78.1 Å². The van der Waals surface area contributed by atoms with Crippen molar-refractivity contribution in [1.82, 2.24) is 0 Å². The smallest absolute Gasteiger partial charge is 0.303 e. The lowest BCUT2D eigenvalue weighted by Gasteiger charge is -2.17. The van der Waals surface area contributed by atoms with Gasteiger partial charge in [0.1, 0.15) is 0 Å². The van der Waals surface area contributed by atoms with Crippen molar-refractivity contribution in [2.75, 3.05) is 6.61 Å². The highest BCUT2D eigenvalue weighted by Gasteiger charge is 2.17. The Kier molecular flexibility index (Phi) is 12.0. The van der Waals surface area contributed by atoms with E-state index in [1.54, 1.807) is 0 Å². The van der Waals surface area contributed by atoms with Crippen molar-refractivity contribution >= 4 is 7.82 Å². The predicted molar refractivity (Wildman–Crippen MR) is 79.0 cm³/mol. The van der Waals surface area contributed by atoms with Gasteiger partial charge in [0, 0.05) is 0 Å². The molecule has 0 bridgehead atoms. The van der Waals surface area contributed by atoms with Crippen molar-refractivity contribution in [1.29, 1.82) is 0 Å². The van der Waals surface area contributed by atoms with Crippen LogP contribution in [0.4, 0.5) is 0 Å². The van der Waals surface area contributed by atoms with Gasteiger partial charge in [-0.3, -0.25) is 4.52 Å². The third-order valence-corrected chi connectivity index (χ3v) is 3.90. The molecule has 1 atom stereocenters. The van der Waals surface area contributed by atoms with Crippen molar-refractivity contribution in [3.8, 4) is 0 Å². The normalized spacial score (nSPS) is 13.7. The Morgan fingerprint density at radius 1 is 0.895 bits per heavy atom. The minimum absolute atomic E-state index is 0.194. The maximum Gasteiger partial charge on any atom is 0.469 e. The summed E-state index contributed by atoms with van der Waals surface area (Å²) < 4.78 is 15.4. The van der Waals surface area contributed by atoms with Gasteiger partial charge >= 0.3 is 7.82 Å². The molecule has 0 spiro atoms. The molecule has 0 saturated carbocycles. The van der Waals surface area contributed by atoms with Gasteiger partial charge in [-0.25, -0.2) is 4.57 Å². The van der Waals surface area contributed by atoms with Gasteiger partial charge in [0.2, 0.25) is 0 Å². The van der Waals surface area contributed by atoms with Gasteiger partial charge in [0.25, 0.3) is 0 Å². The standard InChI is InChI=1S/C14H31O4P/c1-3-5-7-8-9-10-12-14(11-6-4-2)13-18-19(15,16)17/h14H,3-13H2,1-2H3,(H2,15,16,17). The average Bonchev–Trinajstić information content (AvgIpc) is 2.34. The molecule has 5 heteroatoms. The summed E-state index contributed by atoms with van der Waals surface area (Å²) in [5, 5.41) is 0. The Labute approximate surface area is 118 Å². The van der Waals surface area contributed by atoms with Crippen LogP contribution >= 0.6 is 7.82 Å². The Bertz CT molecular complexity index is 240. The highest BCUT2D eigenvalue weighted by atomic mass is 31.2. The number of rotatable bonds is 13. The molecule has 0 aliphatic carbocycles. The first kappa shape index (κ1) is 19.1. The maximum absolute atomic E-state index is 10.7. The van der Waals surface area contributed by atoms with Crippen LogP contribution in [-0.2, 0) is 9.09 Å². The first-order chi connectivity index (χ1) is 8.99. The van der Waals surface area contributed by atoms with E-state index in [0.717, 1.165) is 32.1 Å². The van der Waals surface area contributed by atoms with Crippen LogP contribution in [0.2, 0.25) is 0 Å². The molecule has 0 saturated heterocycles. The summed E-state index contributed by atoms with van der Waals surface area (Å²) in [4.78, 5) is 17.5. The van der Waals surface area contributed by atoms with E-state index in [9.17, 15) is 4.57 Å². The van der Waals surface area contributed by atoms with E-state index in [2.05, 4.69) is 18.4 Å². The van der Waals surface area contributed by atoms with Crippen molar-refractivity contribution in [2.45, 2.75) is 78.1 Å². The minimum atomic E-state index is -4.31. The summed E-state index contributed by atoms with van der Waals surface area (Å²) in [5.41, 5.74) is 0. The molecule has 0 radical (unpaired) electrons. The number of phosphoric ester groups is 1. The quantitative estimate of drug-likeness (QED) is 0.383. The Hall–Kier alpha value is 0.110. The van der Waals surface area contributed by atoms with E-state index in [1.165, 1.54) is 32.1 Å². The molecular weight excluding hydrogens is 263 g/mol. The van der Waals surface area contributed by atoms with Crippen LogP contribution < -0.4 is 0 Å². The average molecular weight is 294 g/mol. The second-order valence-electron chi connectivity index (χ2n) is 5.35. The van der Waals surface area contributed by atoms with Gasteiger partial charge in [-0.2, -0.15) is 0 Å². The van der Waals surface area contributed by atoms with E-state index in [4.69, 9.17) is 9.79 Å². The highest BCUT2D eigenvalue weighted by molar-refractivity contribution is 7.46. The van der Waals surface area contributed by atoms with E-state index in [-0.39, 0.29) is 6.61 Å². The van der Waals surface area contributed by atoms with Gasteiger partial charge in [-0.05, 0) is 18.8 Å². The second-order valence-corrected chi connectivity index (χ2v) is 6.59. The van der Waals surface area contributed by atoms with E-state index < -0.39 is 7.82 Å². The number of hydrogen-bond acceptors (Lipinski definition) is 2. The molecule has 116 valence electrons. The molecule has 4 nitrogen and oxygen atoms in total. The number of phosphoric acid groups is 1. The maximum atomic E-state index is 10.7. The van der Waals surface area contributed by atoms with E-state index >= 15 is 0 Å². The summed E-state index contributed by atoms with van der Waals surface area (Å²) in [7, 11) is -4.31. The predicted octanol–water partition coefficient (Wildman–Crippen LogP) is 4.65. The van der Waals surface area contributed by atoms with Crippen molar-refractivity contribution in [3.63, 3.8) is 0 Å². The number of hydrogen-bond donors (Lipinski definition) is 2. The molecule has 0 aromatic rings. The van der Waals surface area contributed by atoms with Crippen molar-refractivity contribution < 1.29 is 18.9 Å². The van der Waals surface area contributed by atoms with Gasteiger partial charge in [-0.1, -0.05) is 65.2 Å². The SMILES string of the molecule is CCCCCCCCC(CCCC)COP(=O)(O)O.